The van der Waals surface area contributed by atoms with Crippen molar-refractivity contribution >= 4 is 5.97 Å². The Morgan fingerprint density at radius 1 is 1.58 bits per heavy atom. The number of aromatic nitrogens is 2. The predicted molar refractivity (Wildman–Crippen MR) is 71.8 cm³/mol. The predicted octanol–water partition coefficient (Wildman–Crippen LogP) is 2.42. The van der Waals surface area contributed by atoms with E-state index < -0.39 is 11.4 Å². The average molecular weight is 262 g/mol. The maximum atomic E-state index is 11.9. The second-order valence-electron chi connectivity index (χ2n) is 6.32. The number of carboxylic acid groups (broad SMARTS) is 1. The minimum absolute atomic E-state index is 0.370. The second kappa shape index (κ2) is 4.36. The Morgan fingerprint density at radius 2 is 2.37 bits per heavy atom. The molecule has 4 heteroatoms. The lowest BCUT2D eigenvalue weighted by atomic mass is 9.70. The van der Waals surface area contributed by atoms with E-state index in [4.69, 9.17) is 0 Å². The minimum Gasteiger partial charge on any atom is -0.481 e. The Bertz CT molecular complexity index is 508. The third-order valence-electron chi connectivity index (χ3n) is 5.29. The summed E-state index contributed by atoms with van der Waals surface area (Å²) in [6, 6.07) is 2.08. The normalized spacial score (nSPS) is 32.9. The van der Waals surface area contributed by atoms with E-state index in [0.717, 1.165) is 37.1 Å². The molecule has 19 heavy (non-hydrogen) atoms. The van der Waals surface area contributed by atoms with E-state index in [-0.39, 0.29) is 0 Å². The van der Waals surface area contributed by atoms with Crippen LogP contribution in [0.15, 0.2) is 6.07 Å². The molecule has 3 unspecified atom stereocenters. The van der Waals surface area contributed by atoms with Crippen molar-refractivity contribution in [2.24, 2.45) is 24.3 Å². The molecule has 1 heterocycles. The lowest BCUT2D eigenvalue weighted by Gasteiger charge is -2.33. The third-order valence-corrected chi connectivity index (χ3v) is 5.29. The van der Waals surface area contributed by atoms with Gasteiger partial charge in [-0.3, -0.25) is 9.48 Å². The smallest absolute Gasteiger partial charge is 0.310 e. The first-order chi connectivity index (χ1) is 9.05. The molecule has 0 spiro atoms. The maximum Gasteiger partial charge on any atom is 0.310 e. The highest BCUT2D eigenvalue weighted by Crippen LogP contribution is 2.57. The number of hydrogen-bond donors (Lipinski definition) is 1. The molecule has 0 aliphatic heterocycles. The molecule has 104 valence electrons. The zero-order chi connectivity index (χ0) is 13.6. The van der Waals surface area contributed by atoms with E-state index in [1.54, 1.807) is 0 Å². The number of hydrogen-bond acceptors (Lipinski definition) is 2. The molecule has 2 aliphatic carbocycles. The fourth-order valence-electron chi connectivity index (χ4n) is 4.23. The molecule has 2 bridgehead atoms. The molecule has 1 N–H and O–H groups in total. The summed E-state index contributed by atoms with van der Waals surface area (Å²) in [6.45, 7) is 2.08. The van der Waals surface area contributed by atoms with Crippen molar-refractivity contribution < 1.29 is 9.90 Å². The van der Waals surface area contributed by atoms with Gasteiger partial charge in [-0.25, -0.2) is 0 Å². The summed E-state index contributed by atoms with van der Waals surface area (Å²) in [4.78, 5) is 11.9. The van der Waals surface area contributed by atoms with Crippen molar-refractivity contribution in [1.82, 2.24) is 9.78 Å². The van der Waals surface area contributed by atoms with Crippen LogP contribution >= 0.6 is 0 Å². The van der Waals surface area contributed by atoms with Crippen LogP contribution < -0.4 is 0 Å². The first kappa shape index (κ1) is 12.7. The molecule has 2 fully saturated rings. The minimum atomic E-state index is -0.598. The summed E-state index contributed by atoms with van der Waals surface area (Å²) in [7, 11) is 1.93. The van der Waals surface area contributed by atoms with Crippen LogP contribution in [0.25, 0.3) is 0 Å². The number of aliphatic carboxylic acids is 1. The van der Waals surface area contributed by atoms with Gasteiger partial charge in [0.1, 0.15) is 0 Å². The van der Waals surface area contributed by atoms with E-state index >= 15 is 0 Å². The largest absolute Gasteiger partial charge is 0.481 e. The van der Waals surface area contributed by atoms with Gasteiger partial charge in [0.2, 0.25) is 0 Å². The number of nitrogens with zero attached hydrogens (tertiary/aromatic N) is 2. The van der Waals surface area contributed by atoms with Crippen molar-refractivity contribution in [3.05, 3.63) is 17.5 Å². The molecule has 4 nitrogen and oxygen atoms in total. The summed E-state index contributed by atoms with van der Waals surface area (Å²) < 4.78 is 1.87. The Kier molecular flexibility index (Phi) is 2.91. The number of rotatable bonds is 4. The van der Waals surface area contributed by atoms with Gasteiger partial charge in [0, 0.05) is 19.2 Å². The Morgan fingerprint density at radius 3 is 2.84 bits per heavy atom. The van der Waals surface area contributed by atoms with Gasteiger partial charge in [-0.2, -0.15) is 5.10 Å². The third kappa shape index (κ3) is 1.88. The fraction of sp³-hybridized carbons (Fsp3) is 0.733. The van der Waals surface area contributed by atoms with Crippen molar-refractivity contribution in [3.8, 4) is 0 Å². The number of aryl methyl sites for hydroxylation is 2. The van der Waals surface area contributed by atoms with Crippen molar-refractivity contribution in [1.29, 1.82) is 0 Å². The molecule has 1 aromatic heterocycles. The molecule has 0 aromatic carbocycles. The molecule has 2 saturated carbocycles. The van der Waals surface area contributed by atoms with Crippen LogP contribution in [0.5, 0.6) is 0 Å². The molecule has 0 amide bonds. The summed E-state index contributed by atoms with van der Waals surface area (Å²) >= 11 is 0. The molecule has 3 rings (SSSR count). The second-order valence-corrected chi connectivity index (χ2v) is 6.32. The van der Waals surface area contributed by atoms with Crippen molar-refractivity contribution in [3.63, 3.8) is 0 Å². The van der Waals surface area contributed by atoms with Gasteiger partial charge in [-0.15, -0.1) is 0 Å². The monoisotopic (exact) mass is 262 g/mol. The van der Waals surface area contributed by atoms with Gasteiger partial charge in [-0.05, 0) is 43.6 Å². The summed E-state index contributed by atoms with van der Waals surface area (Å²) in [6.07, 6.45) is 5.85. The summed E-state index contributed by atoms with van der Waals surface area (Å²) in [5.74, 6) is 0.411. The van der Waals surface area contributed by atoms with Crippen molar-refractivity contribution in [2.75, 3.05) is 0 Å². The van der Waals surface area contributed by atoms with Gasteiger partial charge in [-0.1, -0.05) is 13.3 Å². The average Bonchev–Trinajstić information content (AvgIpc) is 3.05. The standard InChI is InChI=1S/C15H22N2O2/c1-3-12-7-13(17(2)16-12)9-15(14(18)19)8-10-4-5-11(15)6-10/h7,10-11H,3-6,8-9H2,1-2H3,(H,18,19). The molecular weight excluding hydrogens is 240 g/mol. The summed E-state index contributed by atoms with van der Waals surface area (Å²) in [5, 5.41) is 14.2. The van der Waals surface area contributed by atoms with E-state index in [1.165, 1.54) is 6.42 Å². The van der Waals surface area contributed by atoms with E-state index in [0.29, 0.717) is 18.3 Å². The van der Waals surface area contributed by atoms with Crippen LogP contribution in [-0.4, -0.2) is 20.9 Å². The maximum absolute atomic E-state index is 11.9. The fourth-order valence-corrected chi connectivity index (χ4v) is 4.23. The zero-order valence-electron chi connectivity index (χ0n) is 11.7. The molecule has 0 radical (unpaired) electrons. The SMILES string of the molecule is CCc1cc(CC2(C(=O)O)CC3CCC2C3)n(C)n1. The van der Waals surface area contributed by atoms with Crippen molar-refractivity contribution in [2.45, 2.75) is 45.4 Å². The van der Waals surface area contributed by atoms with E-state index in [1.807, 2.05) is 11.7 Å². The lowest BCUT2D eigenvalue weighted by molar-refractivity contribution is -0.152. The topological polar surface area (TPSA) is 55.1 Å². The first-order valence-corrected chi connectivity index (χ1v) is 7.30. The summed E-state index contributed by atoms with van der Waals surface area (Å²) in [5.41, 5.74) is 1.61. The molecule has 1 aromatic rings. The highest BCUT2D eigenvalue weighted by molar-refractivity contribution is 5.76. The van der Waals surface area contributed by atoms with E-state index in [2.05, 4.69) is 18.1 Å². The van der Waals surface area contributed by atoms with Crippen LogP contribution in [0, 0.1) is 17.3 Å². The number of carbonyl (C=O) groups is 1. The Balaban J connectivity index is 1.90. The van der Waals surface area contributed by atoms with Crippen LogP contribution in [0.3, 0.4) is 0 Å². The zero-order valence-corrected chi connectivity index (χ0v) is 11.7. The van der Waals surface area contributed by atoms with Crippen LogP contribution in [-0.2, 0) is 24.7 Å². The quantitative estimate of drug-likeness (QED) is 0.906. The molecule has 0 saturated heterocycles. The van der Waals surface area contributed by atoms with Gasteiger partial charge >= 0.3 is 5.97 Å². The molecule has 3 atom stereocenters. The van der Waals surface area contributed by atoms with Crippen LogP contribution in [0.4, 0.5) is 0 Å². The Labute approximate surface area is 113 Å². The lowest BCUT2D eigenvalue weighted by Crippen LogP contribution is -2.39. The molecular formula is C15H22N2O2. The van der Waals surface area contributed by atoms with Crippen LogP contribution in [0.1, 0.15) is 44.0 Å². The van der Waals surface area contributed by atoms with E-state index in [9.17, 15) is 9.90 Å². The molecule has 2 aliphatic rings. The number of carboxylic acids is 1. The van der Waals surface area contributed by atoms with Crippen LogP contribution in [0.2, 0.25) is 0 Å². The van der Waals surface area contributed by atoms with Gasteiger partial charge in [0.05, 0.1) is 11.1 Å². The number of fused-ring (bicyclic) bond motifs is 2. The van der Waals surface area contributed by atoms with Gasteiger partial charge < -0.3 is 5.11 Å². The van der Waals surface area contributed by atoms with Gasteiger partial charge in [0.25, 0.3) is 0 Å². The first-order valence-electron chi connectivity index (χ1n) is 7.30. The highest BCUT2D eigenvalue weighted by atomic mass is 16.4. The highest BCUT2D eigenvalue weighted by Gasteiger charge is 2.55. The Hall–Kier alpha value is -1.32. The van der Waals surface area contributed by atoms with Gasteiger partial charge in [0.15, 0.2) is 0 Å².